The second-order valence-electron chi connectivity index (χ2n) is 12.8. The Kier molecular flexibility index (Phi) is 14.6. The van der Waals surface area contributed by atoms with Gasteiger partial charge in [0, 0.05) is 18.2 Å². The van der Waals surface area contributed by atoms with E-state index in [1.165, 1.54) is 81.8 Å². The Morgan fingerprint density at radius 3 is 2.12 bits per heavy atom. The predicted octanol–water partition coefficient (Wildman–Crippen LogP) is 10.0. The fourth-order valence-electron chi connectivity index (χ4n) is 5.46. The molecule has 0 bridgehead atoms. The molecule has 0 N–H and O–H groups in total. The molecule has 0 fully saturated rings. The summed E-state index contributed by atoms with van der Waals surface area (Å²) in [6, 6.07) is 14.8. The van der Waals surface area contributed by atoms with E-state index >= 15 is 0 Å². The minimum atomic E-state index is -0.0549. The molecule has 0 spiro atoms. The molecule has 0 aliphatic rings. The average Bonchev–Trinajstić information content (AvgIpc) is 3.47. The van der Waals surface area contributed by atoms with Crippen molar-refractivity contribution in [2.24, 2.45) is 0 Å². The molecule has 230 valence electrons. The van der Waals surface area contributed by atoms with Crippen LogP contribution >= 0.6 is 11.3 Å². The fraction of sp³-hybridized carbons (Fsp3) is 0.568. The molecule has 1 heterocycles. The van der Waals surface area contributed by atoms with E-state index in [0.29, 0.717) is 6.54 Å². The Morgan fingerprint density at radius 2 is 1.52 bits per heavy atom. The first kappa shape index (κ1) is 33.8. The number of amides is 1. The summed E-state index contributed by atoms with van der Waals surface area (Å²) >= 11 is 1.68. The molecule has 3 rings (SSSR count). The minimum Gasteiger partial charge on any atom is -0.493 e. The molecule has 2 aromatic carbocycles. The van der Waals surface area contributed by atoms with E-state index in [-0.39, 0.29) is 11.3 Å². The number of nitrogens with zero attached hydrogens (tertiary/aromatic N) is 2. The average molecular weight is 592 g/mol. The fourth-order valence-corrected chi connectivity index (χ4v) is 6.06. The molecule has 1 aromatic heterocycles. The van der Waals surface area contributed by atoms with Crippen LogP contribution in [0, 0.1) is 0 Å². The van der Waals surface area contributed by atoms with Gasteiger partial charge in [0.05, 0.1) is 18.5 Å². The second-order valence-corrected chi connectivity index (χ2v) is 13.5. The van der Waals surface area contributed by atoms with Gasteiger partial charge >= 0.3 is 0 Å². The first-order valence-corrected chi connectivity index (χ1v) is 17.3. The number of hydrogen-bond acceptors (Lipinski definition) is 3. The lowest BCUT2D eigenvalue weighted by Crippen LogP contribution is -2.31. The highest BCUT2D eigenvalue weighted by atomic mass is 32.1. The highest BCUT2D eigenvalue weighted by Crippen LogP contribution is 2.33. The molecule has 5 heteroatoms. The molecule has 1 amide bonds. The van der Waals surface area contributed by atoms with E-state index in [4.69, 9.17) is 4.74 Å². The van der Waals surface area contributed by atoms with Crippen molar-refractivity contribution in [2.75, 3.05) is 11.5 Å². The van der Waals surface area contributed by atoms with Gasteiger partial charge in [0.2, 0.25) is 11.4 Å². The van der Waals surface area contributed by atoms with Crippen LogP contribution in [0.1, 0.15) is 128 Å². The highest BCUT2D eigenvalue weighted by Gasteiger charge is 2.21. The van der Waals surface area contributed by atoms with Crippen LogP contribution in [0.4, 0.5) is 5.69 Å². The Morgan fingerprint density at radius 1 is 0.857 bits per heavy atom. The predicted molar refractivity (Wildman–Crippen MR) is 179 cm³/mol. The zero-order valence-electron chi connectivity index (χ0n) is 27.0. The number of benzene rings is 2. The lowest BCUT2D eigenvalue weighted by molar-refractivity contribution is -0.683. The SMILES string of the molecule is CCCCCCCCCCCCCCOc1ccc(CN(C(C)=O)c2cccc(C[n+]3ccsc3)c2)cc1C(C)(C)C. The highest BCUT2D eigenvalue weighted by molar-refractivity contribution is 7.07. The molecule has 42 heavy (non-hydrogen) atoms. The van der Waals surface area contributed by atoms with Crippen LogP contribution in [0.2, 0.25) is 0 Å². The quantitative estimate of drug-likeness (QED) is 0.103. The lowest BCUT2D eigenvalue weighted by Gasteiger charge is -2.26. The summed E-state index contributed by atoms with van der Waals surface area (Å²) in [7, 11) is 0. The summed E-state index contributed by atoms with van der Waals surface area (Å²) in [5.41, 5.74) is 6.47. The Bertz CT molecular complexity index is 1180. The maximum absolute atomic E-state index is 12.8. The Labute approximate surface area is 260 Å². The normalized spacial score (nSPS) is 11.5. The van der Waals surface area contributed by atoms with Crippen molar-refractivity contribution in [1.29, 1.82) is 0 Å². The zero-order chi connectivity index (χ0) is 30.2. The van der Waals surface area contributed by atoms with Crippen LogP contribution in [0.15, 0.2) is 59.6 Å². The van der Waals surface area contributed by atoms with Crippen molar-refractivity contribution in [1.82, 2.24) is 0 Å². The van der Waals surface area contributed by atoms with Crippen LogP contribution in [0.25, 0.3) is 0 Å². The number of thiazole rings is 1. The van der Waals surface area contributed by atoms with E-state index < -0.39 is 0 Å². The minimum absolute atomic E-state index is 0.0416. The summed E-state index contributed by atoms with van der Waals surface area (Å²) < 4.78 is 8.49. The molecule has 4 nitrogen and oxygen atoms in total. The number of ether oxygens (including phenoxy) is 1. The van der Waals surface area contributed by atoms with Crippen LogP contribution in [-0.4, -0.2) is 12.5 Å². The van der Waals surface area contributed by atoms with Crippen LogP contribution in [0.5, 0.6) is 5.75 Å². The maximum Gasteiger partial charge on any atom is 0.224 e. The Hall–Kier alpha value is -2.66. The molecular weight excluding hydrogens is 536 g/mol. The summed E-state index contributed by atoms with van der Waals surface area (Å²) in [5.74, 6) is 1.01. The lowest BCUT2D eigenvalue weighted by atomic mass is 9.85. The van der Waals surface area contributed by atoms with Crippen molar-refractivity contribution in [3.05, 3.63) is 76.2 Å². The number of unbranched alkanes of at least 4 members (excludes halogenated alkanes) is 11. The third-order valence-corrected chi connectivity index (χ3v) is 8.61. The van der Waals surface area contributed by atoms with Gasteiger partial charge in [0.1, 0.15) is 5.75 Å². The van der Waals surface area contributed by atoms with Crippen LogP contribution in [-0.2, 0) is 23.3 Å². The molecule has 3 aromatic rings. The van der Waals surface area contributed by atoms with Crippen molar-refractivity contribution < 1.29 is 14.1 Å². The monoisotopic (exact) mass is 591 g/mol. The number of anilines is 1. The molecule has 0 aliphatic carbocycles. The molecule has 0 aliphatic heterocycles. The number of hydrogen-bond donors (Lipinski definition) is 0. The van der Waals surface area contributed by atoms with E-state index in [2.05, 4.69) is 79.7 Å². The first-order chi connectivity index (χ1) is 20.3. The zero-order valence-corrected chi connectivity index (χ0v) is 27.8. The van der Waals surface area contributed by atoms with E-state index in [0.717, 1.165) is 36.6 Å². The van der Waals surface area contributed by atoms with Gasteiger partial charge < -0.3 is 9.64 Å². The molecule has 0 unspecified atom stereocenters. The maximum atomic E-state index is 12.8. The summed E-state index contributed by atoms with van der Waals surface area (Å²) in [5, 5.41) is 2.07. The van der Waals surface area contributed by atoms with Crippen LogP contribution < -0.4 is 14.2 Å². The number of carbonyl (C=O) groups excluding carboxylic acids is 1. The molecule has 0 saturated carbocycles. The van der Waals surface area contributed by atoms with Gasteiger partial charge in [-0.05, 0) is 47.2 Å². The van der Waals surface area contributed by atoms with E-state index in [1.807, 2.05) is 17.0 Å². The topological polar surface area (TPSA) is 33.4 Å². The van der Waals surface area contributed by atoms with Gasteiger partial charge in [-0.3, -0.25) is 4.79 Å². The van der Waals surface area contributed by atoms with Gasteiger partial charge in [0.25, 0.3) is 0 Å². The summed E-state index contributed by atoms with van der Waals surface area (Å²) in [4.78, 5) is 14.6. The van der Waals surface area contributed by atoms with Gasteiger partial charge in [0.15, 0.2) is 12.7 Å². The van der Waals surface area contributed by atoms with Gasteiger partial charge in [-0.15, -0.1) is 0 Å². The number of carbonyl (C=O) groups is 1. The van der Waals surface area contributed by atoms with E-state index in [9.17, 15) is 4.79 Å². The standard InChI is InChI=1S/C37H55N2O2S/c1-6-7-8-9-10-11-12-13-14-15-16-17-24-41-36-22-21-33(27-35(36)37(3,4)5)29-39(31(2)40)34-20-18-19-32(26-34)28-38-23-25-42-30-38/h18-23,25-27,30H,6-17,24,28-29H2,1-5H3/q+1. The first-order valence-electron chi connectivity index (χ1n) is 16.3. The molecule has 0 atom stereocenters. The van der Waals surface area contributed by atoms with E-state index in [1.54, 1.807) is 18.3 Å². The third-order valence-electron chi connectivity index (χ3n) is 7.94. The summed E-state index contributed by atoms with van der Waals surface area (Å²) in [6.45, 7) is 12.7. The smallest absolute Gasteiger partial charge is 0.224 e. The van der Waals surface area contributed by atoms with Crippen molar-refractivity contribution in [2.45, 2.75) is 130 Å². The largest absolute Gasteiger partial charge is 0.493 e. The van der Waals surface area contributed by atoms with Gasteiger partial charge in [-0.1, -0.05) is 128 Å². The number of rotatable bonds is 19. The van der Waals surface area contributed by atoms with Crippen molar-refractivity contribution in [3.63, 3.8) is 0 Å². The summed E-state index contributed by atoms with van der Waals surface area (Å²) in [6.07, 6.45) is 18.2. The number of aromatic nitrogens is 1. The van der Waals surface area contributed by atoms with Gasteiger partial charge in [-0.2, -0.15) is 4.57 Å². The third kappa shape index (κ3) is 11.9. The molecule has 0 radical (unpaired) electrons. The molecular formula is C37H55N2O2S+. The second kappa shape index (κ2) is 18.1. The van der Waals surface area contributed by atoms with Crippen molar-refractivity contribution >= 4 is 22.9 Å². The van der Waals surface area contributed by atoms with Gasteiger partial charge in [-0.25, -0.2) is 0 Å². The van der Waals surface area contributed by atoms with Crippen LogP contribution in [0.3, 0.4) is 0 Å². The molecule has 0 saturated heterocycles. The Balaban J connectivity index is 1.51. The van der Waals surface area contributed by atoms with Crippen molar-refractivity contribution in [3.8, 4) is 5.75 Å².